The van der Waals surface area contributed by atoms with E-state index in [-0.39, 0.29) is 24.8 Å². The lowest BCUT2D eigenvalue weighted by molar-refractivity contribution is -0.158. The van der Waals surface area contributed by atoms with Crippen molar-refractivity contribution in [3.05, 3.63) is 29.8 Å². The highest BCUT2D eigenvalue weighted by molar-refractivity contribution is 6.00. The Bertz CT molecular complexity index is 706. The van der Waals surface area contributed by atoms with Gasteiger partial charge in [0.05, 0.1) is 12.5 Å². The summed E-state index contributed by atoms with van der Waals surface area (Å²) >= 11 is 0. The first-order valence-corrected chi connectivity index (χ1v) is 9.75. The van der Waals surface area contributed by atoms with Gasteiger partial charge < -0.3 is 19.7 Å². The zero-order valence-corrected chi connectivity index (χ0v) is 17.1. The number of rotatable bonds is 9. The van der Waals surface area contributed by atoms with Crippen LogP contribution in [0.3, 0.4) is 0 Å². The van der Waals surface area contributed by atoms with Crippen molar-refractivity contribution in [3.8, 4) is 0 Å². The molecule has 7 heteroatoms. The Labute approximate surface area is 166 Å². The number of hydrogen-bond donors (Lipinski definition) is 1. The summed E-state index contributed by atoms with van der Waals surface area (Å²) in [5, 5.41) is 2.63. The normalized spacial score (nSPS) is 18.6. The molecule has 1 aromatic rings. The molecule has 1 aliphatic rings. The largest absolute Gasteiger partial charge is 0.452 e. The summed E-state index contributed by atoms with van der Waals surface area (Å²) < 4.78 is 10.2. The van der Waals surface area contributed by atoms with E-state index in [0.29, 0.717) is 19.1 Å². The third kappa shape index (κ3) is 5.32. The second-order valence-corrected chi connectivity index (χ2v) is 7.14. The summed E-state index contributed by atoms with van der Waals surface area (Å²) in [5.74, 6) is -1.27. The minimum atomic E-state index is -0.916. The summed E-state index contributed by atoms with van der Waals surface area (Å²) in [6, 6.07) is 7.79. The molecule has 7 nitrogen and oxygen atoms in total. The zero-order chi connectivity index (χ0) is 20.7. The molecule has 2 rings (SSSR count). The van der Waals surface area contributed by atoms with E-state index in [4.69, 9.17) is 9.47 Å². The van der Waals surface area contributed by atoms with E-state index in [0.717, 1.165) is 17.7 Å². The maximum atomic E-state index is 12.6. The van der Waals surface area contributed by atoms with Crippen molar-refractivity contribution in [2.24, 2.45) is 5.92 Å². The second kappa shape index (κ2) is 10.2. The molecule has 154 valence electrons. The van der Waals surface area contributed by atoms with Crippen LogP contribution in [0.1, 0.15) is 45.1 Å². The second-order valence-electron chi connectivity index (χ2n) is 7.14. The minimum Gasteiger partial charge on any atom is -0.452 e. The maximum absolute atomic E-state index is 12.6. The summed E-state index contributed by atoms with van der Waals surface area (Å²) in [6.45, 7) is 6.74. The SMILES string of the molecule is CC[C@H](C)c1ccccc1N1C[C@H](C(=O)O[C@@H](C)C(=O)NCCOC)CC1=O. The molecular formula is C21H30N2O5. The first kappa shape index (κ1) is 21.9. The van der Waals surface area contributed by atoms with Gasteiger partial charge in [0.25, 0.3) is 5.91 Å². The molecule has 0 saturated carbocycles. The number of hydrogen-bond acceptors (Lipinski definition) is 5. The Hall–Kier alpha value is -2.41. The first-order chi connectivity index (χ1) is 13.4. The van der Waals surface area contributed by atoms with Crippen LogP contribution in [0, 0.1) is 5.92 Å². The Morgan fingerprint density at radius 1 is 1.29 bits per heavy atom. The lowest BCUT2D eigenvalue weighted by atomic mass is 9.96. The number of amides is 2. The molecule has 1 N–H and O–H groups in total. The zero-order valence-electron chi connectivity index (χ0n) is 17.1. The molecule has 1 aromatic carbocycles. The van der Waals surface area contributed by atoms with Crippen LogP contribution in [0.2, 0.25) is 0 Å². The molecule has 3 atom stereocenters. The van der Waals surface area contributed by atoms with Gasteiger partial charge in [-0.1, -0.05) is 32.0 Å². The summed E-state index contributed by atoms with van der Waals surface area (Å²) in [7, 11) is 1.54. The molecule has 0 aromatic heterocycles. The molecule has 1 heterocycles. The third-order valence-corrected chi connectivity index (χ3v) is 5.10. The van der Waals surface area contributed by atoms with Crippen molar-refractivity contribution in [3.63, 3.8) is 0 Å². The van der Waals surface area contributed by atoms with Gasteiger partial charge in [-0.3, -0.25) is 14.4 Å². The van der Waals surface area contributed by atoms with Gasteiger partial charge in [0.2, 0.25) is 5.91 Å². The predicted octanol–water partition coefficient (Wildman–Crippen LogP) is 2.25. The molecular weight excluding hydrogens is 360 g/mol. The highest BCUT2D eigenvalue weighted by atomic mass is 16.5. The Kier molecular flexibility index (Phi) is 7.99. The van der Waals surface area contributed by atoms with E-state index in [1.54, 1.807) is 4.90 Å². The highest BCUT2D eigenvalue weighted by Crippen LogP contribution is 2.33. The fourth-order valence-corrected chi connectivity index (χ4v) is 3.21. The Morgan fingerprint density at radius 3 is 2.68 bits per heavy atom. The van der Waals surface area contributed by atoms with Crippen molar-refractivity contribution >= 4 is 23.5 Å². The molecule has 0 radical (unpaired) electrons. The number of benzene rings is 1. The number of ether oxygens (including phenoxy) is 2. The van der Waals surface area contributed by atoms with Gasteiger partial charge in [-0.2, -0.15) is 0 Å². The number of para-hydroxylation sites is 1. The maximum Gasteiger partial charge on any atom is 0.312 e. The number of nitrogens with one attached hydrogen (secondary N) is 1. The monoisotopic (exact) mass is 390 g/mol. The van der Waals surface area contributed by atoms with Crippen LogP contribution in [0.4, 0.5) is 5.69 Å². The van der Waals surface area contributed by atoms with Crippen molar-refractivity contribution in [2.45, 2.75) is 45.6 Å². The summed E-state index contributed by atoms with van der Waals surface area (Å²) in [5.41, 5.74) is 1.95. The van der Waals surface area contributed by atoms with Gasteiger partial charge in [0, 0.05) is 32.3 Å². The Morgan fingerprint density at radius 2 is 2.00 bits per heavy atom. The van der Waals surface area contributed by atoms with E-state index < -0.39 is 18.0 Å². The fourth-order valence-electron chi connectivity index (χ4n) is 3.21. The van der Waals surface area contributed by atoms with E-state index in [2.05, 4.69) is 19.2 Å². The van der Waals surface area contributed by atoms with Crippen molar-refractivity contribution < 1.29 is 23.9 Å². The average Bonchev–Trinajstić information content (AvgIpc) is 3.09. The summed E-state index contributed by atoms with van der Waals surface area (Å²) in [6.07, 6.45) is 0.132. The van der Waals surface area contributed by atoms with Gasteiger partial charge in [0.1, 0.15) is 0 Å². The van der Waals surface area contributed by atoms with Crippen LogP contribution in [0.25, 0.3) is 0 Å². The molecule has 1 fully saturated rings. The van der Waals surface area contributed by atoms with Crippen molar-refractivity contribution in [2.75, 3.05) is 31.7 Å². The van der Waals surface area contributed by atoms with E-state index in [1.165, 1.54) is 14.0 Å². The van der Waals surface area contributed by atoms with E-state index in [9.17, 15) is 14.4 Å². The minimum absolute atomic E-state index is 0.0890. The molecule has 0 bridgehead atoms. The van der Waals surface area contributed by atoms with Gasteiger partial charge in [-0.05, 0) is 30.9 Å². The molecule has 0 spiro atoms. The van der Waals surface area contributed by atoms with E-state index >= 15 is 0 Å². The Balaban J connectivity index is 2.01. The topological polar surface area (TPSA) is 84.9 Å². The van der Waals surface area contributed by atoms with Crippen LogP contribution in [0.15, 0.2) is 24.3 Å². The molecule has 2 amide bonds. The average molecular weight is 390 g/mol. The highest BCUT2D eigenvalue weighted by Gasteiger charge is 2.38. The molecule has 1 saturated heterocycles. The smallest absolute Gasteiger partial charge is 0.312 e. The van der Waals surface area contributed by atoms with Crippen LogP contribution >= 0.6 is 0 Å². The number of esters is 1. The van der Waals surface area contributed by atoms with Crippen LogP contribution < -0.4 is 10.2 Å². The lowest BCUT2D eigenvalue weighted by Crippen LogP contribution is -2.38. The van der Waals surface area contributed by atoms with Gasteiger partial charge in [-0.25, -0.2) is 0 Å². The number of methoxy groups -OCH3 is 1. The van der Waals surface area contributed by atoms with Gasteiger partial charge in [0.15, 0.2) is 6.10 Å². The molecule has 0 aliphatic carbocycles. The number of carbonyl (C=O) groups excluding carboxylic acids is 3. The molecule has 28 heavy (non-hydrogen) atoms. The molecule has 0 unspecified atom stereocenters. The predicted molar refractivity (Wildman–Crippen MR) is 106 cm³/mol. The van der Waals surface area contributed by atoms with E-state index in [1.807, 2.05) is 24.3 Å². The molecule has 1 aliphatic heterocycles. The third-order valence-electron chi connectivity index (χ3n) is 5.10. The van der Waals surface area contributed by atoms with Crippen LogP contribution in [-0.2, 0) is 23.9 Å². The van der Waals surface area contributed by atoms with Crippen LogP contribution in [0.5, 0.6) is 0 Å². The lowest BCUT2D eigenvalue weighted by Gasteiger charge is -2.23. The van der Waals surface area contributed by atoms with Gasteiger partial charge in [-0.15, -0.1) is 0 Å². The summed E-state index contributed by atoms with van der Waals surface area (Å²) in [4.78, 5) is 38.7. The number of anilines is 1. The number of nitrogens with zero attached hydrogens (tertiary/aromatic N) is 1. The van der Waals surface area contributed by atoms with Gasteiger partial charge >= 0.3 is 5.97 Å². The van der Waals surface area contributed by atoms with Crippen molar-refractivity contribution in [1.29, 1.82) is 0 Å². The quantitative estimate of drug-likeness (QED) is 0.516. The van der Waals surface area contributed by atoms with Crippen molar-refractivity contribution in [1.82, 2.24) is 5.32 Å². The number of carbonyl (C=O) groups is 3. The van der Waals surface area contributed by atoms with Crippen LogP contribution in [-0.4, -0.2) is 50.7 Å². The fraction of sp³-hybridized carbons (Fsp3) is 0.571. The standard InChI is InChI=1S/C21H30N2O5/c1-5-14(2)17-8-6-7-9-18(17)23-13-16(12-19(23)24)21(26)28-15(3)20(25)22-10-11-27-4/h6-9,14-16H,5,10-13H2,1-4H3,(H,22,25)/t14-,15-,16+/m0/s1. The first-order valence-electron chi connectivity index (χ1n) is 9.75.